The standard InChI is InChI=1S/C7H9NO6/c9-5(10)2-1-4-6(11)14-3-8(4)7(12)13/h4H,1-3H2,(H,9,10)(H,12,13). The fraction of sp³-hybridized carbons (Fsp3) is 0.571. The minimum absolute atomic E-state index is 0.0551. The van der Waals surface area contributed by atoms with Crippen LogP contribution in [-0.2, 0) is 14.3 Å². The number of hydrogen-bond acceptors (Lipinski definition) is 4. The van der Waals surface area contributed by atoms with Crippen molar-refractivity contribution in [1.82, 2.24) is 4.90 Å². The number of carboxylic acids is 1. The summed E-state index contributed by atoms with van der Waals surface area (Å²) < 4.78 is 4.48. The summed E-state index contributed by atoms with van der Waals surface area (Å²) in [7, 11) is 0. The summed E-state index contributed by atoms with van der Waals surface area (Å²) >= 11 is 0. The van der Waals surface area contributed by atoms with Crippen molar-refractivity contribution >= 4 is 18.0 Å². The Morgan fingerprint density at radius 3 is 2.64 bits per heavy atom. The Kier molecular flexibility index (Phi) is 2.90. The van der Waals surface area contributed by atoms with Crippen LogP contribution < -0.4 is 0 Å². The van der Waals surface area contributed by atoms with Crippen LogP contribution in [0.15, 0.2) is 0 Å². The van der Waals surface area contributed by atoms with E-state index in [0.29, 0.717) is 0 Å². The van der Waals surface area contributed by atoms with E-state index in [9.17, 15) is 14.4 Å². The maximum Gasteiger partial charge on any atom is 0.410 e. The highest BCUT2D eigenvalue weighted by atomic mass is 16.6. The van der Waals surface area contributed by atoms with E-state index < -0.39 is 24.1 Å². The fourth-order valence-corrected chi connectivity index (χ4v) is 1.17. The molecular formula is C7H9NO6. The number of ether oxygens (including phenoxy) is 1. The molecule has 78 valence electrons. The van der Waals surface area contributed by atoms with E-state index in [2.05, 4.69) is 4.74 Å². The van der Waals surface area contributed by atoms with Crippen LogP contribution in [0.25, 0.3) is 0 Å². The van der Waals surface area contributed by atoms with Gasteiger partial charge in [0, 0.05) is 6.42 Å². The average molecular weight is 203 g/mol. The Morgan fingerprint density at radius 1 is 1.50 bits per heavy atom. The zero-order valence-corrected chi connectivity index (χ0v) is 7.17. The first-order valence-electron chi connectivity index (χ1n) is 3.90. The Hall–Kier alpha value is -1.79. The molecule has 1 saturated heterocycles. The van der Waals surface area contributed by atoms with Gasteiger partial charge >= 0.3 is 18.0 Å². The summed E-state index contributed by atoms with van der Waals surface area (Å²) in [5.41, 5.74) is 0. The topological polar surface area (TPSA) is 104 Å². The van der Waals surface area contributed by atoms with Crippen molar-refractivity contribution in [2.45, 2.75) is 18.9 Å². The van der Waals surface area contributed by atoms with Crippen molar-refractivity contribution < 1.29 is 29.3 Å². The van der Waals surface area contributed by atoms with Crippen LogP contribution in [0.2, 0.25) is 0 Å². The third-order valence-electron chi connectivity index (χ3n) is 1.87. The minimum atomic E-state index is -1.29. The van der Waals surface area contributed by atoms with Gasteiger partial charge in [-0.1, -0.05) is 0 Å². The number of aliphatic carboxylic acids is 1. The van der Waals surface area contributed by atoms with Crippen molar-refractivity contribution in [2.24, 2.45) is 0 Å². The van der Waals surface area contributed by atoms with E-state index in [0.717, 1.165) is 4.90 Å². The Balaban J connectivity index is 2.58. The smallest absolute Gasteiger partial charge is 0.410 e. The molecule has 1 atom stereocenters. The molecule has 1 aliphatic rings. The number of hydrogen-bond donors (Lipinski definition) is 2. The van der Waals surface area contributed by atoms with Crippen LogP contribution in [0.5, 0.6) is 0 Å². The van der Waals surface area contributed by atoms with Crippen molar-refractivity contribution in [3.8, 4) is 0 Å². The number of carboxylic acid groups (broad SMARTS) is 2. The number of esters is 1. The lowest BCUT2D eigenvalue weighted by Gasteiger charge is -2.14. The molecule has 0 aromatic carbocycles. The second kappa shape index (κ2) is 3.95. The van der Waals surface area contributed by atoms with E-state index in [4.69, 9.17) is 10.2 Å². The van der Waals surface area contributed by atoms with E-state index in [1.807, 2.05) is 0 Å². The highest BCUT2D eigenvalue weighted by molar-refractivity contribution is 5.83. The zero-order valence-electron chi connectivity index (χ0n) is 7.17. The van der Waals surface area contributed by atoms with Gasteiger partial charge in [-0.15, -0.1) is 0 Å². The van der Waals surface area contributed by atoms with Crippen LogP contribution in [0, 0.1) is 0 Å². The lowest BCUT2D eigenvalue weighted by molar-refractivity contribution is -0.140. The molecule has 7 heteroatoms. The quantitative estimate of drug-likeness (QED) is 0.611. The first-order chi connectivity index (χ1) is 6.52. The number of amides is 1. The summed E-state index contributed by atoms with van der Waals surface area (Å²) in [6.45, 7) is -0.321. The highest BCUT2D eigenvalue weighted by Crippen LogP contribution is 2.16. The predicted octanol–water partition coefficient (Wildman–Crippen LogP) is -0.286. The molecule has 2 N–H and O–H groups in total. The maximum absolute atomic E-state index is 11.0. The normalized spacial score (nSPS) is 20.7. The molecule has 1 aliphatic heterocycles. The summed E-state index contributed by atoms with van der Waals surface area (Å²) in [6, 6.07) is -0.983. The average Bonchev–Trinajstić information content (AvgIpc) is 2.43. The molecule has 0 saturated carbocycles. The predicted molar refractivity (Wildman–Crippen MR) is 41.5 cm³/mol. The number of cyclic esters (lactones) is 1. The molecule has 1 amide bonds. The lowest BCUT2D eigenvalue weighted by atomic mass is 10.1. The fourth-order valence-electron chi connectivity index (χ4n) is 1.17. The third-order valence-corrected chi connectivity index (χ3v) is 1.87. The number of rotatable bonds is 3. The van der Waals surface area contributed by atoms with Crippen molar-refractivity contribution in [1.29, 1.82) is 0 Å². The summed E-state index contributed by atoms with van der Waals surface area (Å²) in [5.74, 6) is -1.76. The molecule has 0 spiro atoms. The van der Waals surface area contributed by atoms with Crippen LogP contribution in [0.3, 0.4) is 0 Å². The molecule has 7 nitrogen and oxygen atoms in total. The number of carbonyl (C=O) groups excluding carboxylic acids is 1. The van der Waals surface area contributed by atoms with Crippen molar-refractivity contribution in [2.75, 3.05) is 6.73 Å². The Labute approximate surface area is 78.9 Å². The summed E-state index contributed by atoms with van der Waals surface area (Å²) in [4.78, 5) is 32.5. The second-order valence-electron chi connectivity index (χ2n) is 2.79. The molecule has 0 aliphatic carbocycles. The van der Waals surface area contributed by atoms with E-state index in [1.54, 1.807) is 0 Å². The lowest BCUT2D eigenvalue weighted by Crippen LogP contribution is -2.37. The molecule has 1 heterocycles. The first-order valence-corrected chi connectivity index (χ1v) is 3.90. The monoisotopic (exact) mass is 203 g/mol. The molecule has 0 aromatic heterocycles. The Morgan fingerprint density at radius 2 is 2.14 bits per heavy atom. The number of carbonyl (C=O) groups is 3. The minimum Gasteiger partial charge on any atom is -0.481 e. The maximum atomic E-state index is 11.0. The van der Waals surface area contributed by atoms with Gasteiger partial charge in [0.05, 0.1) is 0 Å². The summed E-state index contributed by atoms with van der Waals surface area (Å²) in [5, 5.41) is 17.0. The SMILES string of the molecule is O=C(O)CCC1C(=O)OCN1C(=O)O. The van der Waals surface area contributed by atoms with E-state index >= 15 is 0 Å². The molecule has 14 heavy (non-hydrogen) atoms. The third kappa shape index (κ3) is 2.12. The van der Waals surface area contributed by atoms with Crippen LogP contribution in [-0.4, -0.2) is 45.9 Å². The number of nitrogens with zero attached hydrogens (tertiary/aromatic N) is 1. The first kappa shape index (κ1) is 10.3. The Bertz CT molecular complexity index is 275. The van der Waals surface area contributed by atoms with E-state index in [-0.39, 0.29) is 19.6 Å². The second-order valence-corrected chi connectivity index (χ2v) is 2.79. The largest absolute Gasteiger partial charge is 0.481 e. The van der Waals surface area contributed by atoms with Gasteiger partial charge in [-0.2, -0.15) is 0 Å². The molecule has 1 unspecified atom stereocenters. The molecule has 1 fully saturated rings. The van der Waals surface area contributed by atoms with Crippen LogP contribution in [0.1, 0.15) is 12.8 Å². The van der Waals surface area contributed by atoms with Gasteiger partial charge < -0.3 is 14.9 Å². The van der Waals surface area contributed by atoms with Gasteiger partial charge in [-0.3, -0.25) is 9.69 Å². The van der Waals surface area contributed by atoms with Gasteiger partial charge in [0.25, 0.3) is 0 Å². The molecule has 0 radical (unpaired) electrons. The molecule has 0 bridgehead atoms. The van der Waals surface area contributed by atoms with Crippen LogP contribution >= 0.6 is 0 Å². The van der Waals surface area contributed by atoms with Gasteiger partial charge in [0.1, 0.15) is 6.04 Å². The molecule has 0 aromatic rings. The molecule has 1 rings (SSSR count). The van der Waals surface area contributed by atoms with Crippen molar-refractivity contribution in [3.63, 3.8) is 0 Å². The van der Waals surface area contributed by atoms with Gasteiger partial charge in [-0.25, -0.2) is 9.59 Å². The molecular weight excluding hydrogens is 194 g/mol. The van der Waals surface area contributed by atoms with Crippen LogP contribution in [0.4, 0.5) is 4.79 Å². The highest BCUT2D eigenvalue weighted by Gasteiger charge is 2.37. The van der Waals surface area contributed by atoms with Crippen molar-refractivity contribution in [3.05, 3.63) is 0 Å². The van der Waals surface area contributed by atoms with Gasteiger partial charge in [0.15, 0.2) is 6.73 Å². The van der Waals surface area contributed by atoms with E-state index in [1.165, 1.54) is 0 Å². The zero-order chi connectivity index (χ0) is 10.7. The van der Waals surface area contributed by atoms with Gasteiger partial charge in [0.2, 0.25) is 0 Å². The van der Waals surface area contributed by atoms with Gasteiger partial charge in [-0.05, 0) is 6.42 Å². The summed E-state index contributed by atoms with van der Waals surface area (Å²) in [6.07, 6.45) is -1.60.